The van der Waals surface area contributed by atoms with E-state index in [1.54, 1.807) is 0 Å². The predicted molar refractivity (Wildman–Crippen MR) is 114 cm³/mol. The lowest BCUT2D eigenvalue weighted by Crippen LogP contribution is -2.41. The van der Waals surface area contributed by atoms with Gasteiger partial charge in [0.25, 0.3) is 0 Å². The van der Waals surface area contributed by atoms with Crippen molar-refractivity contribution in [2.45, 2.75) is 17.4 Å². The normalized spacial score (nSPS) is 19.5. The van der Waals surface area contributed by atoms with E-state index in [0.717, 1.165) is 0 Å². The summed E-state index contributed by atoms with van der Waals surface area (Å²) in [6, 6.07) is 14.9. The van der Waals surface area contributed by atoms with E-state index >= 15 is 0 Å². The van der Waals surface area contributed by atoms with Crippen molar-refractivity contribution < 1.29 is 18.9 Å². The molecule has 0 amide bonds. The number of hydrogen-bond donors (Lipinski definition) is 2. The van der Waals surface area contributed by atoms with Gasteiger partial charge in [0.1, 0.15) is 13.2 Å². The molecule has 11 heteroatoms. The highest BCUT2D eigenvalue weighted by molar-refractivity contribution is 7.97. The smallest absolute Gasteiger partial charge is 0.209 e. The van der Waals surface area contributed by atoms with E-state index < -0.39 is 6.10 Å². The van der Waals surface area contributed by atoms with E-state index in [4.69, 9.17) is 18.9 Å². The first-order chi connectivity index (χ1) is 15.3. The quantitative estimate of drug-likeness (QED) is 0.270. The molecule has 31 heavy (non-hydrogen) atoms. The molecule has 0 bridgehead atoms. The SMILES string of the molecule is C=N/N=C(\NSc1nnc(C2COc3ccccc3O2)[nH]1)C1COc2ccccc2O1. The van der Waals surface area contributed by atoms with E-state index in [1.807, 2.05) is 48.5 Å². The second-order valence-corrected chi connectivity index (χ2v) is 7.37. The fourth-order valence-corrected chi connectivity index (χ4v) is 3.70. The number of para-hydroxylation sites is 4. The Balaban J connectivity index is 1.23. The topological polar surface area (TPSA) is 115 Å². The molecular formula is C20H18N6O4S. The Morgan fingerprint density at radius 3 is 2.39 bits per heavy atom. The summed E-state index contributed by atoms with van der Waals surface area (Å²) in [5.41, 5.74) is 0. The number of fused-ring (bicyclic) bond motifs is 2. The van der Waals surface area contributed by atoms with Crippen molar-refractivity contribution in [3.05, 3.63) is 54.4 Å². The largest absolute Gasteiger partial charge is 0.485 e. The van der Waals surface area contributed by atoms with Crippen molar-refractivity contribution in [3.63, 3.8) is 0 Å². The van der Waals surface area contributed by atoms with E-state index in [-0.39, 0.29) is 12.7 Å². The molecule has 3 aromatic rings. The van der Waals surface area contributed by atoms with Gasteiger partial charge in [-0.3, -0.25) is 0 Å². The Labute approximate surface area is 181 Å². The lowest BCUT2D eigenvalue weighted by Gasteiger charge is -2.26. The molecule has 158 valence electrons. The minimum Gasteiger partial charge on any atom is -0.485 e. The first-order valence-electron chi connectivity index (χ1n) is 9.46. The Morgan fingerprint density at radius 2 is 1.65 bits per heavy atom. The van der Waals surface area contributed by atoms with Crippen molar-refractivity contribution in [3.8, 4) is 23.0 Å². The summed E-state index contributed by atoms with van der Waals surface area (Å²) in [4.78, 5) is 3.13. The number of nitrogens with zero attached hydrogens (tertiary/aromatic N) is 4. The first-order valence-corrected chi connectivity index (χ1v) is 10.3. The van der Waals surface area contributed by atoms with Crippen LogP contribution in [-0.4, -0.2) is 47.1 Å². The fraction of sp³-hybridized carbons (Fsp3) is 0.200. The van der Waals surface area contributed by atoms with Crippen molar-refractivity contribution in [1.82, 2.24) is 19.9 Å². The molecule has 0 saturated carbocycles. The van der Waals surface area contributed by atoms with Gasteiger partial charge in [0.05, 0.1) is 0 Å². The van der Waals surface area contributed by atoms with E-state index in [2.05, 4.69) is 36.8 Å². The van der Waals surface area contributed by atoms with Gasteiger partial charge in [-0.05, 0) is 24.3 Å². The molecule has 0 aliphatic carbocycles. The Kier molecular flexibility index (Phi) is 5.31. The van der Waals surface area contributed by atoms with Gasteiger partial charge in [-0.1, -0.05) is 24.3 Å². The van der Waals surface area contributed by atoms with Crippen LogP contribution in [0.1, 0.15) is 11.9 Å². The zero-order valence-corrected chi connectivity index (χ0v) is 17.0. The molecular weight excluding hydrogens is 420 g/mol. The average Bonchev–Trinajstić information content (AvgIpc) is 3.30. The summed E-state index contributed by atoms with van der Waals surface area (Å²) in [5.74, 6) is 3.71. The Morgan fingerprint density at radius 1 is 0.968 bits per heavy atom. The molecule has 2 unspecified atom stereocenters. The zero-order chi connectivity index (χ0) is 21.0. The lowest BCUT2D eigenvalue weighted by atomic mass is 10.2. The predicted octanol–water partition coefficient (Wildman–Crippen LogP) is 2.77. The highest BCUT2D eigenvalue weighted by atomic mass is 32.2. The highest BCUT2D eigenvalue weighted by Crippen LogP contribution is 2.35. The van der Waals surface area contributed by atoms with Crippen LogP contribution in [-0.2, 0) is 0 Å². The van der Waals surface area contributed by atoms with E-state index in [9.17, 15) is 0 Å². The van der Waals surface area contributed by atoms with Gasteiger partial charge in [-0.15, -0.1) is 15.3 Å². The number of amidine groups is 1. The molecule has 2 aliphatic heterocycles. The van der Waals surface area contributed by atoms with Gasteiger partial charge in [-0.2, -0.15) is 5.10 Å². The molecule has 2 aromatic carbocycles. The molecule has 0 saturated heterocycles. The van der Waals surface area contributed by atoms with Gasteiger partial charge in [0, 0.05) is 18.7 Å². The van der Waals surface area contributed by atoms with E-state index in [0.29, 0.717) is 46.4 Å². The minimum atomic E-state index is -0.470. The number of aromatic amines is 1. The van der Waals surface area contributed by atoms with Crippen molar-refractivity contribution in [2.75, 3.05) is 13.2 Å². The van der Waals surface area contributed by atoms with Crippen LogP contribution >= 0.6 is 11.9 Å². The number of H-pyrrole nitrogens is 1. The number of hydrogen-bond acceptors (Lipinski definition) is 9. The third-order valence-corrected chi connectivity index (χ3v) is 5.23. The molecule has 0 fully saturated rings. The maximum atomic E-state index is 5.97. The number of benzene rings is 2. The van der Waals surface area contributed by atoms with Crippen LogP contribution in [0, 0.1) is 0 Å². The van der Waals surface area contributed by atoms with Crippen molar-refractivity contribution in [2.24, 2.45) is 10.2 Å². The summed E-state index contributed by atoms with van der Waals surface area (Å²) >= 11 is 1.18. The summed E-state index contributed by atoms with van der Waals surface area (Å²) < 4.78 is 26.5. The van der Waals surface area contributed by atoms with Crippen LogP contribution < -0.4 is 23.7 Å². The molecule has 3 heterocycles. The average molecular weight is 438 g/mol. The Bertz CT molecular complexity index is 1120. The monoisotopic (exact) mass is 438 g/mol. The molecule has 10 nitrogen and oxygen atoms in total. The van der Waals surface area contributed by atoms with Crippen molar-refractivity contribution in [1.29, 1.82) is 0 Å². The van der Waals surface area contributed by atoms with Gasteiger partial charge < -0.3 is 28.7 Å². The van der Waals surface area contributed by atoms with Crippen LogP contribution in [0.3, 0.4) is 0 Å². The number of aromatic nitrogens is 3. The molecule has 5 rings (SSSR count). The maximum Gasteiger partial charge on any atom is 0.209 e. The lowest BCUT2D eigenvalue weighted by molar-refractivity contribution is 0.0852. The second kappa shape index (κ2) is 8.56. The molecule has 2 atom stereocenters. The fourth-order valence-electron chi connectivity index (χ4n) is 3.09. The first kappa shape index (κ1) is 19.2. The molecule has 2 N–H and O–H groups in total. The third kappa shape index (κ3) is 4.12. The number of rotatable bonds is 5. The second-order valence-electron chi connectivity index (χ2n) is 6.57. The molecule has 0 radical (unpaired) electrons. The highest BCUT2D eigenvalue weighted by Gasteiger charge is 2.28. The zero-order valence-electron chi connectivity index (χ0n) is 16.2. The minimum absolute atomic E-state index is 0.285. The number of ether oxygens (including phenoxy) is 4. The summed E-state index contributed by atoms with van der Waals surface area (Å²) in [5, 5.41) is 16.5. The Hall–Kier alpha value is -3.73. The van der Waals surface area contributed by atoms with Gasteiger partial charge >= 0.3 is 0 Å². The standard InChI is InChI=1S/C20H18N6O4S/c1-21-23-19(17-11-28-13-7-3-5-9-15(13)30-17)26-31-20-22-18(24-25-20)16-10-27-12-6-2-4-8-14(12)29-16/h2-9,16-17H,1,10-11H2,(H,23,26)(H,22,24,25). The van der Waals surface area contributed by atoms with E-state index in [1.165, 1.54) is 11.9 Å². The summed E-state index contributed by atoms with van der Waals surface area (Å²) in [7, 11) is 0. The van der Waals surface area contributed by atoms with Crippen molar-refractivity contribution >= 4 is 24.5 Å². The summed E-state index contributed by atoms with van der Waals surface area (Å²) in [6.07, 6.45) is -0.854. The third-order valence-electron chi connectivity index (χ3n) is 4.54. The van der Waals surface area contributed by atoms with Crippen LogP contribution in [0.15, 0.2) is 63.9 Å². The molecule has 2 aliphatic rings. The van der Waals surface area contributed by atoms with Crippen LogP contribution in [0.2, 0.25) is 0 Å². The van der Waals surface area contributed by atoms with Crippen LogP contribution in [0.25, 0.3) is 0 Å². The number of nitrogens with one attached hydrogen (secondary N) is 2. The molecule has 1 aromatic heterocycles. The van der Waals surface area contributed by atoms with Gasteiger partial charge in [0.15, 0.2) is 46.9 Å². The molecule has 0 spiro atoms. The van der Waals surface area contributed by atoms with Crippen LogP contribution in [0.4, 0.5) is 0 Å². The maximum absolute atomic E-state index is 5.97. The summed E-state index contributed by atoms with van der Waals surface area (Å²) in [6.45, 7) is 4.05. The van der Waals surface area contributed by atoms with Gasteiger partial charge in [0.2, 0.25) is 5.16 Å². The van der Waals surface area contributed by atoms with Gasteiger partial charge in [-0.25, -0.2) is 0 Å². The van der Waals surface area contributed by atoms with Crippen LogP contribution in [0.5, 0.6) is 23.0 Å².